The lowest BCUT2D eigenvalue weighted by atomic mass is 10.0. The second-order valence-electron chi connectivity index (χ2n) is 5.90. The molecule has 1 aromatic carbocycles. The smallest absolute Gasteiger partial charge is 0.253 e. The van der Waals surface area contributed by atoms with Gasteiger partial charge in [0.1, 0.15) is 0 Å². The van der Waals surface area contributed by atoms with Crippen LogP contribution >= 0.6 is 0 Å². The van der Waals surface area contributed by atoms with Crippen molar-refractivity contribution in [2.24, 2.45) is 5.92 Å². The molecule has 1 heterocycles. The highest BCUT2D eigenvalue weighted by Crippen LogP contribution is 2.14. The van der Waals surface area contributed by atoms with Crippen molar-refractivity contribution in [3.8, 4) is 0 Å². The maximum atomic E-state index is 12.4. The maximum Gasteiger partial charge on any atom is 0.253 e. The Bertz CT molecular complexity index is 446. The average molecular weight is 289 g/mol. The van der Waals surface area contributed by atoms with Crippen LogP contribution in [0.4, 0.5) is 5.69 Å². The molecular formula is C17H27N3O. The first-order chi connectivity index (χ1) is 10.1. The molecule has 0 spiro atoms. The Balaban J connectivity index is 1.86. The number of nitrogen functional groups attached to an aromatic ring is 1. The van der Waals surface area contributed by atoms with Crippen LogP contribution in [0.5, 0.6) is 0 Å². The third-order valence-electron chi connectivity index (χ3n) is 4.49. The zero-order chi connectivity index (χ0) is 15.2. The number of hydrogen-bond donors (Lipinski definition) is 1. The molecule has 1 fully saturated rings. The number of amides is 1. The Morgan fingerprint density at radius 1 is 1.10 bits per heavy atom. The van der Waals surface area contributed by atoms with E-state index in [9.17, 15) is 4.79 Å². The van der Waals surface area contributed by atoms with Gasteiger partial charge >= 0.3 is 0 Å². The number of rotatable bonds is 5. The van der Waals surface area contributed by atoms with Crippen molar-refractivity contribution in [3.05, 3.63) is 29.8 Å². The molecule has 1 amide bonds. The predicted octanol–water partition coefficient (Wildman–Crippen LogP) is 2.46. The van der Waals surface area contributed by atoms with Gasteiger partial charge in [-0.05, 0) is 30.2 Å². The predicted molar refractivity (Wildman–Crippen MR) is 87.3 cm³/mol. The SMILES string of the molecule is CCC(CC)CN1CCN(C(=O)c2ccc(N)cc2)CC1. The summed E-state index contributed by atoms with van der Waals surface area (Å²) in [5.74, 6) is 0.904. The monoisotopic (exact) mass is 289 g/mol. The van der Waals surface area contributed by atoms with E-state index >= 15 is 0 Å². The minimum Gasteiger partial charge on any atom is -0.399 e. The molecule has 1 aromatic rings. The van der Waals surface area contributed by atoms with E-state index in [1.165, 1.54) is 12.8 Å². The molecule has 21 heavy (non-hydrogen) atoms. The number of carbonyl (C=O) groups excluding carboxylic acids is 1. The third-order valence-corrected chi connectivity index (χ3v) is 4.49. The van der Waals surface area contributed by atoms with Gasteiger partial charge in [-0.1, -0.05) is 26.7 Å². The Morgan fingerprint density at radius 3 is 2.19 bits per heavy atom. The summed E-state index contributed by atoms with van der Waals surface area (Å²) in [4.78, 5) is 16.9. The van der Waals surface area contributed by atoms with E-state index in [1.54, 1.807) is 12.1 Å². The summed E-state index contributed by atoms with van der Waals surface area (Å²) in [5.41, 5.74) is 7.09. The van der Waals surface area contributed by atoms with Gasteiger partial charge in [0.05, 0.1) is 0 Å². The zero-order valence-corrected chi connectivity index (χ0v) is 13.2. The van der Waals surface area contributed by atoms with Gasteiger partial charge in [-0.3, -0.25) is 9.69 Å². The molecule has 0 bridgehead atoms. The highest BCUT2D eigenvalue weighted by Gasteiger charge is 2.23. The molecule has 2 rings (SSSR count). The van der Waals surface area contributed by atoms with Crippen molar-refractivity contribution in [1.82, 2.24) is 9.80 Å². The molecule has 0 radical (unpaired) electrons. The van der Waals surface area contributed by atoms with Crippen molar-refractivity contribution in [2.75, 3.05) is 38.5 Å². The van der Waals surface area contributed by atoms with Crippen molar-refractivity contribution >= 4 is 11.6 Å². The quantitative estimate of drug-likeness (QED) is 0.847. The highest BCUT2D eigenvalue weighted by atomic mass is 16.2. The van der Waals surface area contributed by atoms with E-state index in [-0.39, 0.29) is 5.91 Å². The van der Waals surface area contributed by atoms with Crippen LogP contribution < -0.4 is 5.73 Å². The molecule has 0 unspecified atom stereocenters. The molecule has 0 atom stereocenters. The fourth-order valence-corrected chi connectivity index (χ4v) is 2.85. The number of anilines is 1. The number of benzene rings is 1. The minimum atomic E-state index is 0.122. The van der Waals surface area contributed by atoms with E-state index in [4.69, 9.17) is 5.73 Å². The van der Waals surface area contributed by atoms with E-state index in [1.807, 2.05) is 17.0 Å². The third kappa shape index (κ3) is 4.21. The van der Waals surface area contributed by atoms with Crippen LogP contribution in [0.1, 0.15) is 37.0 Å². The average Bonchev–Trinajstić information content (AvgIpc) is 2.53. The maximum absolute atomic E-state index is 12.4. The van der Waals surface area contributed by atoms with Crippen LogP contribution in [0, 0.1) is 5.92 Å². The number of nitrogens with zero attached hydrogens (tertiary/aromatic N) is 2. The Hall–Kier alpha value is -1.55. The van der Waals surface area contributed by atoms with E-state index in [2.05, 4.69) is 18.7 Å². The standard InChI is InChI=1S/C17H27N3O/c1-3-14(4-2)13-19-9-11-20(12-10-19)17(21)15-5-7-16(18)8-6-15/h5-8,14H,3-4,9-13,18H2,1-2H3. The molecule has 0 aliphatic carbocycles. The molecule has 1 aliphatic heterocycles. The molecule has 0 saturated carbocycles. The number of nitrogens with two attached hydrogens (primary N) is 1. The van der Waals surface area contributed by atoms with E-state index in [0.717, 1.165) is 44.2 Å². The van der Waals surface area contributed by atoms with E-state index in [0.29, 0.717) is 5.69 Å². The normalized spacial score (nSPS) is 16.4. The van der Waals surface area contributed by atoms with Gasteiger partial charge in [0.15, 0.2) is 0 Å². The van der Waals surface area contributed by atoms with Crippen LogP contribution in [0.15, 0.2) is 24.3 Å². The van der Waals surface area contributed by atoms with E-state index < -0.39 is 0 Å². The Morgan fingerprint density at radius 2 is 1.67 bits per heavy atom. The van der Waals surface area contributed by atoms with Gasteiger partial charge < -0.3 is 10.6 Å². The molecule has 1 saturated heterocycles. The van der Waals surface area contributed by atoms with Gasteiger partial charge in [-0.2, -0.15) is 0 Å². The topological polar surface area (TPSA) is 49.6 Å². The fraction of sp³-hybridized carbons (Fsp3) is 0.588. The molecule has 0 aromatic heterocycles. The summed E-state index contributed by atoms with van der Waals surface area (Å²) in [6, 6.07) is 7.20. The molecule has 2 N–H and O–H groups in total. The van der Waals surface area contributed by atoms with Crippen molar-refractivity contribution < 1.29 is 4.79 Å². The minimum absolute atomic E-state index is 0.122. The van der Waals surface area contributed by atoms with Gasteiger partial charge in [0.2, 0.25) is 0 Å². The molecular weight excluding hydrogens is 262 g/mol. The summed E-state index contributed by atoms with van der Waals surface area (Å²) in [7, 11) is 0. The number of carbonyl (C=O) groups is 1. The van der Waals surface area contributed by atoms with Crippen molar-refractivity contribution in [3.63, 3.8) is 0 Å². The number of piperazine rings is 1. The summed E-state index contributed by atoms with van der Waals surface area (Å²) in [5, 5.41) is 0. The van der Waals surface area contributed by atoms with Crippen molar-refractivity contribution in [2.45, 2.75) is 26.7 Å². The first kappa shape index (κ1) is 15.8. The van der Waals surface area contributed by atoms with Crippen LogP contribution in [0.25, 0.3) is 0 Å². The summed E-state index contributed by atoms with van der Waals surface area (Å²) < 4.78 is 0. The zero-order valence-electron chi connectivity index (χ0n) is 13.2. The van der Waals surface area contributed by atoms with Crippen molar-refractivity contribution in [1.29, 1.82) is 0 Å². The lowest BCUT2D eigenvalue weighted by molar-refractivity contribution is 0.0614. The second kappa shape index (κ2) is 7.46. The van der Waals surface area contributed by atoms with Gasteiger partial charge in [0.25, 0.3) is 5.91 Å². The summed E-state index contributed by atoms with van der Waals surface area (Å²) in [6.07, 6.45) is 2.47. The van der Waals surface area contributed by atoms with Crippen LogP contribution in [0.3, 0.4) is 0 Å². The lowest BCUT2D eigenvalue weighted by Gasteiger charge is -2.36. The van der Waals surface area contributed by atoms with Crippen LogP contribution in [-0.4, -0.2) is 48.4 Å². The summed E-state index contributed by atoms with van der Waals surface area (Å²) >= 11 is 0. The van der Waals surface area contributed by atoms with Gasteiger partial charge in [-0.25, -0.2) is 0 Å². The Labute approximate surface area is 127 Å². The largest absolute Gasteiger partial charge is 0.399 e. The summed E-state index contributed by atoms with van der Waals surface area (Å²) in [6.45, 7) is 9.29. The molecule has 116 valence electrons. The first-order valence-corrected chi connectivity index (χ1v) is 8.01. The number of hydrogen-bond acceptors (Lipinski definition) is 3. The van der Waals surface area contributed by atoms with Gasteiger partial charge in [0, 0.05) is 44.0 Å². The van der Waals surface area contributed by atoms with Crippen LogP contribution in [0.2, 0.25) is 0 Å². The second-order valence-corrected chi connectivity index (χ2v) is 5.90. The van der Waals surface area contributed by atoms with Crippen LogP contribution in [-0.2, 0) is 0 Å². The molecule has 4 heteroatoms. The highest BCUT2D eigenvalue weighted by molar-refractivity contribution is 5.94. The van der Waals surface area contributed by atoms with Gasteiger partial charge in [-0.15, -0.1) is 0 Å². The first-order valence-electron chi connectivity index (χ1n) is 8.01. The Kier molecular flexibility index (Phi) is 5.62. The molecule has 1 aliphatic rings. The molecule has 4 nitrogen and oxygen atoms in total. The lowest BCUT2D eigenvalue weighted by Crippen LogP contribution is -2.49. The fourth-order valence-electron chi connectivity index (χ4n) is 2.85.